The maximum absolute atomic E-state index is 13.0. The van der Waals surface area contributed by atoms with E-state index in [0.717, 1.165) is 64.2 Å². The summed E-state index contributed by atoms with van der Waals surface area (Å²) in [4.78, 5) is 26.1. The number of unbranched alkanes of at least 4 members (excludes halogenated alkanes) is 20. The largest absolute Gasteiger partial charge is 0.393 e. The van der Waals surface area contributed by atoms with Crippen molar-refractivity contribution in [2.75, 3.05) is 0 Å². The molecule has 0 radical (unpaired) electrons. The number of nitrogens with zero attached hydrogens (tertiary/aromatic N) is 2. The second-order valence-corrected chi connectivity index (χ2v) is 13.8. The van der Waals surface area contributed by atoms with E-state index < -0.39 is 35.6 Å². The first-order chi connectivity index (χ1) is 22.9. The van der Waals surface area contributed by atoms with Crippen LogP contribution in [-0.2, 0) is 14.3 Å². The van der Waals surface area contributed by atoms with Gasteiger partial charge in [0, 0.05) is 0 Å². The first kappa shape index (κ1) is 44.6. The van der Waals surface area contributed by atoms with Crippen LogP contribution in [0.3, 0.4) is 0 Å². The molecule has 4 unspecified atom stereocenters. The molecule has 0 saturated heterocycles. The Bertz CT molecular complexity index is 825. The molecule has 0 heterocycles. The van der Waals surface area contributed by atoms with E-state index in [1.165, 1.54) is 89.9 Å². The number of ether oxygens (including phenoxy) is 1. The van der Waals surface area contributed by atoms with E-state index >= 15 is 0 Å². The Hall–Kier alpha value is -2.40. The Morgan fingerprint density at radius 1 is 0.489 bits per heavy atom. The summed E-state index contributed by atoms with van der Waals surface area (Å²) in [5, 5.41) is 19.1. The minimum atomic E-state index is -0.617. The van der Waals surface area contributed by atoms with Gasteiger partial charge in [-0.25, -0.2) is 0 Å². The Kier molecular flexibility index (Phi) is 31.8. The second-order valence-electron chi connectivity index (χ2n) is 13.8. The summed E-state index contributed by atoms with van der Waals surface area (Å²) in [7, 11) is 0. The van der Waals surface area contributed by atoms with Crippen LogP contribution in [0, 0.1) is 46.3 Å². The Balaban J connectivity index is 4.37. The van der Waals surface area contributed by atoms with Gasteiger partial charge in [0.25, 0.3) is 0 Å². The van der Waals surface area contributed by atoms with Crippen LogP contribution in [0.5, 0.6) is 0 Å². The minimum absolute atomic E-state index is 0.521. The van der Waals surface area contributed by atoms with Crippen molar-refractivity contribution >= 4 is 11.9 Å². The number of esters is 2. The maximum Gasteiger partial charge on any atom is 0.317 e. The van der Waals surface area contributed by atoms with Crippen molar-refractivity contribution in [1.29, 1.82) is 10.5 Å². The van der Waals surface area contributed by atoms with Crippen LogP contribution in [0.1, 0.15) is 195 Å². The molecular weight excluding hydrogens is 580 g/mol. The molecule has 5 heteroatoms. The fourth-order valence-corrected chi connectivity index (χ4v) is 6.09. The first-order valence-electron chi connectivity index (χ1n) is 19.8. The number of nitriles is 2. The van der Waals surface area contributed by atoms with Gasteiger partial charge in [-0.15, -0.1) is 0 Å². The van der Waals surface area contributed by atoms with Crippen molar-refractivity contribution in [2.45, 2.75) is 195 Å². The van der Waals surface area contributed by atoms with Gasteiger partial charge >= 0.3 is 11.9 Å². The van der Waals surface area contributed by atoms with E-state index in [4.69, 9.17) is 4.74 Å². The third-order valence-corrected chi connectivity index (χ3v) is 9.47. The van der Waals surface area contributed by atoms with Crippen LogP contribution in [0.15, 0.2) is 24.3 Å². The standard InChI is InChI=1S/C42H72N2O3/c1-5-7-9-11-13-15-17-19-21-23-25-27-29-31-33-39(37(3)35-43)41(45)47-42(46)40(38(4)36-44)34-32-30-28-26-24-22-20-18-16-14-12-10-8-6-2/h19-22,37-40H,5-18,23-34H2,1-4H3. The number of hydrogen-bond acceptors (Lipinski definition) is 5. The number of rotatable bonds is 32. The van der Waals surface area contributed by atoms with Crippen molar-refractivity contribution in [1.82, 2.24) is 0 Å². The van der Waals surface area contributed by atoms with Gasteiger partial charge in [0.05, 0.1) is 35.8 Å². The number of hydrogen-bond donors (Lipinski definition) is 0. The van der Waals surface area contributed by atoms with Gasteiger partial charge in [-0.3, -0.25) is 9.59 Å². The molecule has 0 fully saturated rings. The average molecular weight is 653 g/mol. The van der Waals surface area contributed by atoms with Crippen LogP contribution in [-0.4, -0.2) is 11.9 Å². The fraction of sp³-hybridized carbons (Fsp3) is 0.810. The third kappa shape index (κ3) is 26.3. The topological polar surface area (TPSA) is 90.9 Å². The fourth-order valence-electron chi connectivity index (χ4n) is 6.09. The van der Waals surface area contributed by atoms with E-state index in [-0.39, 0.29) is 0 Å². The van der Waals surface area contributed by atoms with Gasteiger partial charge in [0.2, 0.25) is 0 Å². The van der Waals surface area contributed by atoms with Crippen molar-refractivity contribution in [3.8, 4) is 12.1 Å². The Morgan fingerprint density at radius 3 is 1.06 bits per heavy atom. The summed E-state index contributed by atoms with van der Waals surface area (Å²) < 4.78 is 5.36. The molecule has 0 amide bonds. The molecule has 5 nitrogen and oxygen atoms in total. The zero-order valence-electron chi connectivity index (χ0n) is 31.1. The lowest BCUT2D eigenvalue weighted by molar-refractivity contribution is -0.167. The van der Waals surface area contributed by atoms with Gasteiger partial charge < -0.3 is 4.74 Å². The van der Waals surface area contributed by atoms with Gasteiger partial charge in [-0.05, 0) is 78.1 Å². The number of allylic oxidation sites excluding steroid dienone is 4. The number of carbonyl (C=O) groups is 2. The summed E-state index contributed by atoms with van der Waals surface area (Å²) in [6, 6.07) is 4.37. The molecule has 0 N–H and O–H groups in total. The van der Waals surface area contributed by atoms with Gasteiger partial charge in [0.1, 0.15) is 0 Å². The lowest BCUT2D eigenvalue weighted by Crippen LogP contribution is -2.31. The van der Waals surface area contributed by atoms with Crippen LogP contribution < -0.4 is 0 Å². The molecule has 0 aliphatic rings. The van der Waals surface area contributed by atoms with Gasteiger partial charge in [-0.1, -0.05) is 141 Å². The van der Waals surface area contributed by atoms with E-state index in [2.05, 4.69) is 50.3 Å². The predicted octanol–water partition coefficient (Wildman–Crippen LogP) is 12.9. The normalized spacial score (nSPS) is 14.1. The van der Waals surface area contributed by atoms with Crippen LogP contribution in [0.2, 0.25) is 0 Å². The summed E-state index contributed by atoms with van der Waals surface area (Å²) in [5.74, 6) is -3.49. The minimum Gasteiger partial charge on any atom is -0.393 e. The van der Waals surface area contributed by atoms with Crippen molar-refractivity contribution in [3.63, 3.8) is 0 Å². The van der Waals surface area contributed by atoms with E-state index in [0.29, 0.717) is 12.8 Å². The molecule has 47 heavy (non-hydrogen) atoms. The molecule has 0 aromatic carbocycles. The van der Waals surface area contributed by atoms with E-state index in [1.54, 1.807) is 13.8 Å². The molecule has 0 aliphatic heterocycles. The second kappa shape index (κ2) is 33.5. The van der Waals surface area contributed by atoms with Crippen molar-refractivity contribution in [3.05, 3.63) is 24.3 Å². The number of carbonyl (C=O) groups excluding carboxylic acids is 2. The molecule has 0 aromatic rings. The monoisotopic (exact) mass is 653 g/mol. The molecule has 268 valence electrons. The SMILES string of the molecule is CCCCCCCCC=CCCCCCCC(C(=O)OC(=O)C(CCCCCCC=CCCCCCCCC)C(C)C#N)C(C)C#N. The highest BCUT2D eigenvalue weighted by molar-refractivity contribution is 5.88. The molecular formula is C42H72N2O3. The first-order valence-corrected chi connectivity index (χ1v) is 19.8. The summed E-state index contributed by atoms with van der Waals surface area (Å²) >= 11 is 0. The van der Waals surface area contributed by atoms with E-state index in [1.807, 2.05) is 0 Å². The Morgan fingerprint density at radius 2 is 0.766 bits per heavy atom. The highest BCUT2D eigenvalue weighted by Gasteiger charge is 2.32. The summed E-state index contributed by atoms with van der Waals surface area (Å²) in [6.45, 7) is 7.95. The molecule has 0 aliphatic carbocycles. The van der Waals surface area contributed by atoms with E-state index in [9.17, 15) is 20.1 Å². The molecule has 0 aromatic heterocycles. The van der Waals surface area contributed by atoms with Crippen LogP contribution in [0.25, 0.3) is 0 Å². The van der Waals surface area contributed by atoms with Crippen LogP contribution in [0.4, 0.5) is 0 Å². The van der Waals surface area contributed by atoms with Gasteiger partial charge in [-0.2, -0.15) is 10.5 Å². The van der Waals surface area contributed by atoms with Crippen molar-refractivity contribution < 1.29 is 14.3 Å². The highest BCUT2D eigenvalue weighted by Crippen LogP contribution is 2.25. The predicted molar refractivity (Wildman–Crippen MR) is 197 cm³/mol. The summed E-state index contributed by atoms with van der Waals surface area (Å²) in [5.41, 5.74) is 0. The summed E-state index contributed by atoms with van der Waals surface area (Å²) in [6.07, 6.45) is 38.8. The van der Waals surface area contributed by atoms with Crippen molar-refractivity contribution in [2.24, 2.45) is 23.7 Å². The smallest absolute Gasteiger partial charge is 0.317 e. The maximum atomic E-state index is 13.0. The highest BCUT2D eigenvalue weighted by atomic mass is 16.6. The third-order valence-electron chi connectivity index (χ3n) is 9.47. The zero-order valence-corrected chi connectivity index (χ0v) is 31.1. The molecule has 4 atom stereocenters. The van der Waals surface area contributed by atoms with Crippen LogP contribution >= 0.6 is 0 Å². The molecule has 0 saturated carbocycles. The zero-order chi connectivity index (χ0) is 34.8. The lowest BCUT2D eigenvalue weighted by atomic mass is 9.88. The lowest BCUT2D eigenvalue weighted by Gasteiger charge is -2.21. The molecule has 0 spiro atoms. The Labute approximate surface area is 291 Å². The average Bonchev–Trinajstić information content (AvgIpc) is 3.07. The quantitative estimate of drug-likeness (QED) is 0.0312. The molecule has 0 rings (SSSR count). The van der Waals surface area contributed by atoms with Gasteiger partial charge in [0.15, 0.2) is 0 Å². The molecule has 0 bridgehead atoms.